The molecule has 184 valence electrons. The van der Waals surface area contributed by atoms with E-state index >= 15 is 0 Å². The second kappa shape index (κ2) is 12.0. The molecule has 9 heteroatoms. The molecule has 0 fully saturated rings. The molecule has 0 aliphatic heterocycles. The number of methoxy groups -OCH3 is 3. The van der Waals surface area contributed by atoms with Crippen molar-refractivity contribution in [3.05, 3.63) is 89.5 Å². The van der Waals surface area contributed by atoms with E-state index in [2.05, 4.69) is 16.4 Å². The summed E-state index contributed by atoms with van der Waals surface area (Å²) in [6, 6.07) is 20.2. The minimum Gasteiger partial charge on any atom is -0.493 e. The van der Waals surface area contributed by atoms with E-state index in [-0.39, 0.29) is 5.71 Å². The summed E-state index contributed by atoms with van der Waals surface area (Å²) in [5.41, 5.74) is 7.00. The molecule has 36 heavy (non-hydrogen) atoms. The number of nitrogens with two attached hydrogens (primary N) is 1. The van der Waals surface area contributed by atoms with Gasteiger partial charge in [0.05, 0.1) is 21.3 Å². The molecular formula is C27H26N4O5. The van der Waals surface area contributed by atoms with Crippen LogP contribution in [0.2, 0.25) is 0 Å². The quantitative estimate of drug-likeness (QED) is 0.423. The number of carbonyl (C=O) groups is 2. The minimum atomic E-state index is -1.24. The Bertz CT molecular complexity index is 1260. The molecule has 0 aliphatic carbocycles. The van der Waals surface area contributed by atoms with E-state index in [4.69, 9.17) is 19.9 Å². The van der Waals surface area contributed by atoms with Crippen molar-refractivity contribution in [2.75, 3.05) is 21.3 Å². The lowest BCUT2D eigenvalue weighted by molar-refractivity contribution is -0.120. The highest BCUT2D eigenvalue weighted by Crippen LogP contribution is 2.38. The molecule has 3 rings (SSSR count). The third kappa shape index (κ3) is 5.80. The van der Waals surface area contributed by atoms with Crippen molar-refractivity contribution >= 4 is 17.5 Å². The van der Waals surface area contributed by atoms with Gasteiger partial charge >= 0.3 is 0 Å². The molecule has 0 aromatic heterocycles. The molecule has 2 atom stereocenters. The maximum Gasteiger partial charge on any atom is 0.251 e. The van der Waals surface area contributed by atoms with Crippen LogP contribution in [0, 0.1) is 11.3 Å². The first-order valence-electron chi connectivity index (χ1n) is 10.9. The largest absolute Gasteiger partial charge is 0.493 e. The fraction of sp³-hybridized carbons (Fsp3) is 0.185. The van der Waals surface area contributed by atoms with Gasteiger partial charge in [-0.3, -0.25) is 14.6 Å². The minimum absolute atomic E-state index is 0.0247. The van der Waals surface area contributed by atoms with E-state index < -0.39 is 23.9 Å². The number of primary amides is 1. The third-order valence-corrected chi connectivity index (χ3v) is 5.40. The van der Waals surface area contributed by atoms with Gasteiger partial charge in [-0.15, -0.1) is 0 Å². The molecule has 2 amide bonds. The lowest BCUT2D eigenvalue weighted by Gasteiger charge is -2.24. The fourth-order valence-corrected chi connectivity index (χ4v) is 3.64. The Balaban J connectivity index is 2.13. The third-order valence-electron chi connectivity index (χ3n) is 5.40. The number of carbonyl (C=O) groups excluding carboxylic acids is 2. The van der Waals surface area contributed by atoms with Crippen molar-refractivity contribution in [2.24, 2.45) is 10.7 Å². The summed E-state index contributed by atoms with van der Waals surface area (Å²) in [7, 11) is 4.39. The second-order valence-electron chi connectivity index (χ2n) is 7.58. The summed E-state index contributed by atoms with van der Waals surface area (Å²) in [5, 5.41) is 12.7. The fourth-order valence-electron chi connectivity index (χ4n) is 3.64. The van der Waals surface area contributed by atoms with Crippen LogP contribution in [0.1, 0.15) is 27.5 Å². The number of ether oxygens (including phenoxy) is 3. The van der Waals surface area contributed by atoms with E-state index in [1.54, 1.807) is 72.8 Å². The Morgan fingerprint density at radius 1 is 0.889 bits per heavy atom. The predicted molar refractivity (Wildman–Crippen MR) is 134 cm³/mol. The normalized spacial score (nSPS) is 12.6. The van der Waals surface area contributed by atoms with Gasteiger partial charge in [-0.25, -0.2) is 0 Å². The zero-order valence-corrected chi connectivity index (χ0v) is 20.1. The van der Waals surface area contributed by atoms with Crippen LogP contribution in [-0.2, 0) is 4.79 Å². The smallest absolute Gasteiger partial charge is 0.251 e. The monoisotopic (exact) mass is 486 g/mol. The van der Waals surface area contributed by atoms with Crippen molar-refractivity contribution in [3.63, 3.8) is 0 Å². The van der Waals surface area contributed by atoms with Crippen molar-refractivity contribution in [1.29, 1.82) is 5.26 Å². The Kier molecular flexibility index (Phi) is 8.62. The number of nitriles is 1. The van der Waals surface area contributed by atoms with Gasteiger partial charge in [0.15, 0.2) is 11.5 Å². The first kappa shape index (κ1) is 25.8. The number of nitrogens with one attached hydrogen (secondary N) is 1. The van der Waals surface area contributed by atoms with Gasteiger partial charge in [0, 0.05) is 11.1 Å². The summed E-state index contributed by atoms with van der Waals surface area (Å²) >= 11 is 0. The molecule has 0 saturated carbocycles. The Morgan fingerprint density at radius 3 is 1.92 bits per heavy atom. The SMILES string of the molecule is COc1cc(C(C#N)=N[C@H](c2ccccc2)[C@@H](NC(=O)c2ccccc2)C(N)=O)cc(OC)c1OC. The van der Waals surface area contributed by atoms with Crippen LogP contribution in [0.3, 0.4) is 0 Å². The van der Waals surface area contributed by atoms with Gasteiger partial charge in [0.1, 0.15) is 23.9 Å². The molecule has 3 N–H and O–H groups in total. The molecule has 0 saturated heterocycles. The maximum atomic E-state index is 12.9. The molecule has 0 bridgehead atoms. The summed E-state index contributed by atoms with van der Waals surface area (Å²) in [4.78, 5) is 30.0. The van der Waals surface area contributed by atoms with Gasteiger partial charge in [0.25, 0.3) is 5.91 Å². The highest BCUT2D eigenvalue weighted by atomic mass is 16.5. The van der Waals surface area contributed by atoms with Crippen LogP contribution in [0.15, 0.2) is 77.8 Å². The zero-order chi connectivity index (χ0) is 26.1. The Morgan fingerprint density at radius 2 is 1.44 bits per heavy atom. The molecule has 3 aromatic rings. The van der Waals surface area contributed by atoms with E-state index in [0.29, 0.717) is 33.9 Å². The summed E-state index contributed by atoms with van der Waals surface area (Å²) in [5.74, 6) is -0.295. The van der Waals surface area contributed by atoms with Crippen molar-refractivity contribution in [2.45, 2.75) is 12.1 Å². The van der Waals surface area contributed by atoms with Crippen molar-refractivity contribution in [1.82, 2.24) is 5.32 Å². The highest BCUT2D eigenvalue weighted by Gasteiger charge is 2.31. The number of aliphatic imine (C=N–C) groups is 1. The topological polar surface area (TPSA) is 136 Å². The van der Waals surface area contributed by atoms with Gasteiger partial charge < -0.3 is 25.3 Å². The molecule has 0 heterocycles. The van der Waals surface area contributed by atoms with E-state index in [1.807, 2.05) is 0 Å². The standard InChI is InChI=1S/C27H26N4O5/c1-34-21-14-19(15-22(35-2)25(21)36-3)20(16-28)30-23(17-10-6-4-7-11-17)24(26(29)32)31-27(33)18-12-8-5-9-13-18/h4-15,23-24H,1-3H3,(H2,29,32)(H,31,33)/t23-,24-/m1/s1. The molecule has 0 aliphatic rings. The van der Waals surface area contributed by atoms with Crippen LogP contribution in [0.5, 0.6) is 17.2 Å². The van der Waals surface area contributed by atoms with Gasteiger partial charge in [-0.1, -0.05) is 48.5 Å². The van der Waals surface area contributed by atoms with E-state index in [1.165, 1.54) is 21.3 Å². The first-order valence-corrected chi connectivity index (χ1v) is 10.9. The summed E-state index contributed by atoms with van der Waals surface area (Å²) in [6.07, 6.45) is 0. The van der Waals surface area contributed by atoms with E-state index in [9.17, 15) is 14.9 Å². The number of benzene rings is 3. The second-order valence-corrected chi connectivity index (χ2v) is 7.58. The average molecular weight is 487 g/mol. The lowest BCUT2D eigenvalue weighted by atomic mass is 9.97. The number of nitrogens with zero attached hydrogens (tertiary/aromatic N) is 2. The average Bonchev–Trinajstić information content (AvgIpc) is 2.92. The van der Waals surface area contributed by atoms with Gasteiger partial charge in [-0.05, 0) is 29.8 Å². The first-order chi connectivity index (χ1) is 17.4. The summed E-state index contributed by atoms with van der Waals surface area (Å²) < 4.78 is 16.1. The number of hydrogen-bond acceptors (Lipinski definition) is 7. The molecule has 0 unspecified atom stereocenters. The number of rotatable bonds is 10. The number of amides is 2. The predicted octanol–water partition coefficient (Wildman–Crippen LogP) is 3.05. The maximum absolute atomic E-state index is 12.9. The molecule has 9 nitrogen and oxygen atoms in total. The van der Waals surface area contributed by atoms with Gasteiger partial charge in [0.2, 0.25) is 11.7 Å². The highest BCUT2D eigenvalue weighted by molar-refractivity contribution is 6.12. The van der Waals surface area contributed by atoms with Crippen LogP contribution >= 0.6 is 0 Å². The van der Waals surface area contributed by atoms with Gasteiger partial charge in [-0.2, -0.15) is 5.26 Å². The van der Waals surface area contributed by atoms with Crippen LogP contribution in [0.25, 0.3) is 0 Å². The van der Waals surface area contributed by atoms with Crippen LogP contribution in [0.4, 0.5) is 0 Å². The van der Waals surface area contributed by atoms with Crippen molar-refractivity contribution in [3.8, 4) is 23.3 Å². The number of hydrogen-bond donors (Lipinski definition) is 2. The lowest BCUT2D eigenvalue weighted by Crippen LogP contribution is -2.48. The summed E-state index contributed by atoms with van der Waals surface area (Å²) in [6.45, 7) is 0. The molecule has 3 aromatic carbocycles. The molecule has 0 radical (unpaired) electrons. The van der Waals surface area contributed by atoms with E-state index in [0.717, 1.165) is 0 Å². The van der Waals surface area contributed by atoms with Crippen LogP contribution in [-0.4, -0.2) is 44.9 Å². The Labute approximate surface area is 209 Å². The molecular weight excluding hydrogens is 460 g/mol. The van der Waals surface area contributed by atoms with Crippen molar-refractivity contribution < 1.29 is 23.8 Å². The van der Waals surface area contributed by atoms with Crippen LogP contribution < -0.4 is 25.3 Å². The zero-order valence-electron chi connectivity index (χ0n) is 20.1. The Hall–Kier alpha value is -4.84. The molecule has 0 spiro atoms.